The van der Waals surface area contributed by atoms with Crippen LogP contribution in [-0.2, 0) is 14.4 Å². The van der Waals surface area contributed by atoms with Crippen molar-refractivity contribution in [2.75, 3.05) is 0 Å². The number of rotatable bonds is 3. The van der Waals surface area contributed by atoms with Gasteiger partial charge in [-0.05, 0) is 42.2 Å². The Morgan fingerprint density at radius 3 is 2.52 bits per heavy atom. The Hall–Kier alpha value is -1.59. The number of hydrogen-bond donors (Lipinski definition) is 2. The van der Waals surface area contributed by atoms with Crippen LogP contribution in [0.3, 0.4) is 0 Å². The van der Waals surface area contributed by atoms with Crippen LogP contribution in [0.25, 0.3) is 0 Å². The second-order valence-electron chi connectivity index (χ2n) is 8.50. The molecule has 0 saturated heterocycles. The second-order valence-corrected chi connectivity index (χ2v) is 8.50. The van der Waals surface area contributed by atoms with Crippen LogP contribution in [0.1, 0.15) is 39.5 Å². The van der Waals surface area contributed by atoms with Crippen molar-refractivity contribution in [2.45, 2.75) is 51.7 Å². The molecule has 25 heavy (non-hydrogen) atoms. The predicted molar refractivity (Wildman–Crippen MR) is 91.5 cm³/mol. The fraction of sp³-hybridized carbons (Fsp3) is 0.650. The Bertz CT molecular complexity index is 661. The maximum atomic E-state index is 12.9. The Kier molecular flexibility index (Phi) is 4.36. The van der Waals surface area contributed by atoms with Crippen molar-refractivity contribution >= 4 is 18.4 Å². The van der Waals surface area contributed by atoms with Crippen molar-refractivity contribution in [3.8, 4) is 0 Å². The van der Waals surface area contributed by atoms with Gasteiger partial charge in [-0.3, -0.25) is 9.59 Å². The van der Waals surface area contributed by atoms with E-state index < -0.39 is 34.9 Å². The van der Waals surface area contributed by atoms with E-state index in [-0.39, 0.29) is 11.7 Å². The van der Waals surface area contributed by atoms with Gasteiger partial charge in [0.1, 0.15) is 18.7 Å². The topological polar surface area (TPSA) is 91.7 Å². The zero-order chi connectivity index (χ0) is 18.6. The molecule has 136 valence electrons. The average Bonchev–Trinajstić information content (AvgIpc) is 2.60. The van der Waals surface area contributed by atoms with Gasteiger partial charge >= 0.3 is 0 Å². The molecule has 0 bridgehead atoms. The maximum absolute atomic E-state index is 12.9. The van der Waals surface area contributed by atoms with Crippen molar-refractivity contribution in [2.24, 2.45) is 28.6 Å². The summed E-state index contributed by atoms with van der Waals surface area (Å²) in [6.45, 7) is 7.63. The van der Waals surface area contributed by atoms with E-state index in [1.807, 2.05) is 13.8 Å². The second kappa shape index (κ2) is 5.99. The highest BCUT2D eigenvalue weighted by Gasteiger charge is 2.66. The number of carbonyl (C=O) groups is 3. The molecule has 0 spiro atoms. The number of carbonyl (C=O) groups excluding carboxylic acids is 3. The first kappa shape index (κ1) is 18.2. The lowest BCUT2D eigenvalue weighted by atomic mass is 9.44. The van der Waals surface area contributed by atoms with Gasteiger partial charge in [0.15, 0.2) is 5.78 Å². The molecule has 6 atom stereocenters. The fourth-order valence-electron chi connectivity index (χ4n) is 5.58. The monoisotopic (exact) mass is 346 g/mol. The number of aldehydes is 2. The lowest BCUT2D eigenvalue weighted by Crippen LogP contribution is -2.66. The fourth-order valence-corrected chi connectivity index (χ4v) is 5.58. The maximum Gasteiger partial charge on any atom is 0.187 e. The summed E-state index contributed by atoms with van der Waals surface area (Å²) in [5, 5.41) is 21.6. The first-order valence-electron chi connectivity index (χ1n) is 8.93. The van der Waals surface area contributed by atoms with Crippen molar-refractivity contribution in [3.63, 3.8) is 0 Å². The van der Waals surface area contributed by atoms with Gasteiger partial charge < -0.3 is 15.0 Å². The van der Waals surface area contributed by atoms with Crippen LogP contribution in [0, 0.1) is 28.6 Å². The number of hydrogen-bond acceptors (Lipinski definition) is 5. The molecule has 0 aromatic rings. The van der Waals surface area contributed by atoms with Gasteiger partial charge in [-0.1, -0.05) is 26.5 Å². The van der Waals surface area contributed by atoms with E-state index >= 15 is 0 Å². The summed E-state index contributed by atoms with van der Waals surface area (Å²) in [5.74, 6) is -1.66. The number of aliphatic hydroxyl groups is 2. The quantitative estimate of drug-likeness (QED) is 0.598. The summed E-state index contributed by atoms with van der Waals surface area (Å²) < 4.78 is 0. The van der Waals surface area contributed by atoms with Crippen LogP contribution in [0.4, 0.5) is 0 Å². The lowest BCUT2D eigenvalue weighted by molar-refractivity contribution is -0.187. The molecule has 5 heteroatoms. The van der Waals surface area contributed by atoms with E-state index in [2.05, 4.69) is 6.58 Å². The van der Waals surface area contributed by atoms with Gasteiger partial charge in [0.05, 0.1) is 11.5 Å². The first-order chi connectivity index (χ1) is 11.7. The summed E-state index contributed by atoms with van der Waals surface area (Å²) >= 11 is 0. The van der Waals surface area contributed by atoms with E-state index in [9.17, 15) is 24.6 Å². The molecule has 0 aliphatic heterocycles. The predicted octanol–water partition coefficient (Wildman–Crippen LogP) is 1.62. The van der Waals surface area contributed by atoms with Crippen molar-refractivity contribution in [3.05, 3.63) is 23.8 Å². The van der Waals surface area contributed by atoms with Crippen molar-refractivity contribution < 1.29 is 24.6 Å². The standard InChI is InChI=1S/C20H26O5/c1-11(9-21)12-4-5-14-13(8-12)16(24)17(25)18-19(2,3)7-6-15(23)20(14,18)10-22/h8-10,12,14-15,17-18,23,25H,1,4-7H2,2-3H3/t12-,14-,15+,17-,18-,20-/m0/s1. The molecule has 0 aromatic heterocycles. The molecular formula is C20H26O5. The minimum Gasteiger partial charge on any atom is -0.392 e. The van der Waals surface area contributed by atoms with Gasteiger partial charge in [-0.15, -0.1) is 0 Å². The van der Waals surface area contributed by atoms with Gasteiger partial charge in [0.2, 0.25) is 0 Å². The van der Waals surface area contributed by atoms with Gasteiger partial charge in [-0.2, -0.15) is 0 Å². The zero-order valence-electron chi connectivity index (χ0n) is 14.8. The summed E-state index contributed by atoms with van der Waals surface area (Å²) in [6.07, 6.45) is 3.19. The molecular weight excluding hydrogens is 320 g/mol. The first-order valence-corrected chi connectivity index (χ1v) is 8.93. The third-order valence-electron chi connectivity index (χ3n) is 6.85. The van der Waals surface area contributed by atoms with Crippen LogP contribution in [0.2, 0.25) is 0 Å². The smallest absolute Gasteiger partial charge is 0.187 e. The number of allylic oxidation sites excluding steroid dienone is 2. The van der Waals surface area contributed by atoms with Gasteiger partial charge in [0, 0.05) is 17.8 Å². The number of fused-ring (bicyclic) bond motifs is 3. The largest absolute Gasteiger partial charge is 0.392 e. The van der Waals surface area contributed by atoms with E-state index in [0.29, 0.717) is 43.1 Å². The van der Waals surface area contributed by atoms with Crippen LogP contribution in [0.5, 0.6) is 0 Å². The third-order valence-corrected chi connectivity index (χ3v) is 6.85. The Morgan fingerprint density at radius 1 is 1.24 bits per heavy atom. The van der Waals surface area contributed by atoms with E-state index in [1.54, 1.807) is 6.08 Å². The lowest BCUT2D eigenvalue weighted by Gasteiger charge is -2.60. The Morgan fingerprint density at radius 2 is 1.92 bits per heavy atom. The average molecular weight is 346 g/mol. The number of Topliss-reactive ketones (excluding diaryl/α,β-unsaturated/α-hetero) is 1. The summed E-state index contributed by atoms with van der Waals surface area (Å²) in [4.78, 5) is 36.2. The van der Waals surface area contributed by atoms with Crippen LogP contribution in [0.15, 0.2) is 23.8 Å². The van der Waals surface area contributed by atoms with E-state index in [0.717, 1.165) is 6.29 Å². The molecule has 3 rings (SSSR count). The molecule has 3 aliphatic rings. The molecule has 0 radical (unpaired) electrons. The van der Waals surface area contributed by atoms with Gasteiger partial charge in [0.25, 0.3) is 0 Å². The molecule has 5 nitrogen and oxygen atoms in total. The molecule has 3 aliphatic carbocycles. The SMILES string of the molecule is C=C(C=O)[C@@H]1C=C2C(=O)[C@H](O)[C@H]3C(C)(C)CC[C@@H](O)[C@]3(C=O)[C@H]2CC1. The highest BCUT2D eigenvalue weighted by molar-refractivity contribution is 6.02. The van der Waals surface area contributed by atoms with Crippen LogP contribution in [-0.4, -0.2) is 40.8 Å². The van der Waals surface area contributed by atoms with Crippen LogP contribution < -0.4 is 0 Å². The van der Waals surface area contributed by atoms with Gasteiger partial charge in [-0.25, -0.2) is 0 Å². The minimum absolute atomic E-state index is 0.256. The molecule has 2 N–H and O–H groups in total. The molecule has 0 amide bonds. The third kappa shape index (κ3) is 2.40. The summed E-state index contributed by atoms with van der Waals surface area (Å²) in [6, 6.07) is 0. The molecule has 0 unspecified atom stereocenters. The highest BCUT2D eigenvalue weighted by Crippen LogP contribution is 2.61. The Labute approximate surface area is 147 Å². The molecule has 0 heterocycles. The van der Waals surface area contributed by atoms with Crippen molar-refractivity contribution in [1.29, 1.82) is 0 Å². The minimum atomic E-state index is -1.32. The van der Waals surface area contributed by atoms with Crippen molar-refractivity contribution in [1.82, 2.24) is 0 Å². The van der Waals surface area contributed by atoms with E-state index in [4.69, 9.17) is 0 Å². The summed E-state index contributed by atoms with van der Waals surface area (Å²) in [5.41, 5.74) is -0.815. The molecule has 2 fully saturated rings. The molecule has 2 saturated carbocycles. The number of ketones is 1. The summed E-state index contributed by atoms with van der Waals surface area (Å²) in [7, 11) is 0. The van der Waals surface area contributed by atoms with E-state index in [1.165, 1.54) is 0 Å². The highest BCUT2D eigenvalue weighted by atomic mass is 16.3. The Balaban J connectivity index is 2.16. The number of aliphatic hydroxyl groups excluding tert-OH is 2. The van der Waals surface area contributed by atoms with Crippen LogP contribution >= 0.6 is 0 Å². The normalized spacial score (nSPS) is 42.6. The zero-order valence-corrected chi connectivity index (χ0v) is 14.8. The molecule has 0 aromatic carbocycles.